The van der Waals surface area contributed by atoms with Crippen LogP contribution in [0.25, 0.3) is 0 Å². The number of hydrogen-bond donors (Lipinski definition) is 1. The van der Waals surface area contributed by atoms with Gasteiger partial charge in [-0.05, 0) is 37.1 Å². The second-order valence-corrected chi connectivity index (χ2v) is 4.53. The highest BCUT2D eigenvalue weighted by Gasteiger charge is 2.02. The Labute approximate surface area is 110 Å². The minimum absolute atomic E-state index is 0.226. The van der Waals surface area contributed by atoms with Crippen LogP contribution in [0, 0.1) is 5.82 Å². The van der Waals surface area contributed by atoms with Crippen LogP contribution in [0.2, 0.25) is 0 Å². The van der Waals surface area contributed by atoms with Gasteiger partial charge in [0.1, 0.15) is 11.6 Å². The summed E-state index contributed by atoms with van der Waals surface area (Å²) in [5.74, 6) is 0.413. The maximum Gasteiger partial charge on any atom is 0.127 e. The van der Waals surface area contributed by atoms with E-state index >= 15 is 0 Å². The molecule has 0 radical (unpaired) electrons. The van der Waals surface area contributed by atoms with Crippen molar-refractivity contribution in [1.29, 1.82) is 0 Å². The summed E-state index contributed by atoms with van der Waals surface area (Å²) in [7, 11) is 0. The predicted octanol–water partition coefficient (Wildman–Crippen LogP) is 3.89. The molecule has 1 aromatic rings. The molecular weight excluding hydrogens is 229 g/mol. The van der Waals surface area contributed by atoms with Gasteiger partial charge in [0.25, 0.3) is 0 Å². The number of hydrogen-bond acceptors (Lipinski definition) is 2. The summed E-state index contributed by atoms with van der Waals surface area (Å²) < 4.78 is 19.0. The fourth-order valence-corrected chi connectivity index (χ4v) is 1.76. The zero-order valence-corrected chi connectivity index (χ0v) is 11.5. The normalized spacial score (nSPS) is 10.6. The number of rotatable bonds is 9. The van der Waals surface area contributed by atoms with Crippen molar-refractivity contribution in [3.63, 3.8) is 0 Å². The summed E-state index contributed by atoms with van der Waals surface area (Å²) in [6, 6.07) is 4.93. The summed E-state index contributed by atoms with van der Waals surface area (Å²) in [6.45, 7) is 6.57. The number of benzene rings is 1. The molecule has 0 fully saturated rings. The molecule has 0 atom stereocenters. The second kappa shape index (κ2) is 8.92. The van der Waals surface area contributed by atoms with Gasteiger partial charge in [-0.25, -0.2) is 4.39 Å². The van der Waals surface area contributed by atoms with Crippen LogP contribution in [0.4, 0.5) is 4.39 Å². The standard InChI is InChI=1S/C15H24FNO/c1-3-5-6-8-18-15-10-13(9-14(16)11-15)12-17-7-4-2/h9-11,17H,3-8,12H2,1-2H3. The first-order chi connectivity index (χ1) is 8.76. The van der Waals surface area contributed by atoms with Gasteiger partial charge in [-0.15, -0.1) is 0 Å². The first-order valence-electron chi connectivity index (χ1n) is 6.89. The van der Waals surface area contributed by atoms with Crippen molar-refractivity contribution in [1.82, 2.24) is 5.32 Å². The van der Waals surface area contributed by atoms with E-state index in [1.807, 2.05) is 6.07 Å². The molecule has 3 heteroatoms. The number of halogens is 1. The van der Waals surface area contributed by atoms with E-state index in [4.69, 9.17) is 4.74 Å². The molecule has 0 heterocycles. The van der Waals surface area contributed by atoms with Crippen molar-refractivity contribution in [3.05, 3.63) is 29.6 Å². The third-order valence-electron chi connectivity index (χ3n) is 2.70. The van der Waals surface area contributed by atoms with E-state index in [2.05, 4.69) is 19.2 Å². The number of ether oxygens (including phenoxy) is 1. The maximum absolute atomic E-state index is 13.4. The second-order valence-electron chi connectivity index (χ2n) is 4.53. The Balaban J connectivity index is 2.46. The molecule has 2 nitrogen and oxygen atoms in total. The minimum atomic E-state index is -0.226. The van der Waals surface area contributed by atoms with Gasteiger partial charge < -0.3 is 10.1 Å². The molecule has 18 heavy (non-hydrogen) atoms. The third kappa shape index (κ3) is 6.01. The van der Waals surface area contributed by atoms with Crippen LogP contribution in [0.3, 0.4) is 0 Å². The van der Waals surface area contributed by atoms with Gasteiger partial charge in [0.15, 0.2) is 0 Å². The van der Waals surface area contributed by atoms with Gasteiger partial charge >= 0.3 is 0 Å². The van der Waals surface area contributed by atoms with Crippen molar-refractivity contribution in [3.8, 4) is 5.75 Å². The fourth-order valence-electron chi connectivity index (χ4n) is 1.76. The van der Waals surface area contributed by atoms with Crippen molar-refractivity contribution < 1.29 is 9.13 Å². The topological polar surface area (TPSA) is 21.3 Å². The molecule has 0 saturated heterocycles. The Morgan fingerprint density at radius 3 is 2.67 bits per heavy atom. The molecule has 102 valence electrons. The van der Waals surface area contributed by atoms with Crippen LogP contribution >= 0.6 is 0 Å². The summed E-state index contributed by atoms with van der Waals surface area (Å²) in [5.41, 5.74) is 0.939. The van der Waals surface area contributed by atoms with Crippen LogP contribution < -0.4 is 10.1 Å². The third-order valence-corrected chi connectivity index (χ3v) is 2.70. The molecule has 0 aliphatic rings. The van der Waals surface area contributed by atoms with Gasteiger partial charge in [0, 0.05) is 12.6 Å². The maximum atomic E-state index is 13.4. The van der Waals surface area contributed by atoms with Gasteiger partial charge in [0.2, 0.25) is 0 Å². The monoisotopic (exact) mass is 253 g/mol. The Kier molecular flexibility index (Phi) is 7.42. The van der Waals surface area contributed by atoms with E-state index in [0.717, 1.165) is 31.4 Å². The summed E-state index contributed by atoms with van der Waals surface area (Å²) in [6.07, 6.45) is 4.42. The van der Waals surface area contributed by atoms with Crippen LogP contribution in [0.15, 0.2) is 18.2 Å². The van der Waals surface area contributed by atoms with Crippen LogP contribution in [-0.2, 0) is 6.54 Å². The molecule has 1 aromatic carbocycles. The Morgan fingerprint density at radius 2 is 1.94 bits per heavy atom. The van der Waals surface area contributed by atoms with E-state index in [0.29, 0.717) is 18.9 Å². The fraction of sp³-hybridized carbons (Fsp3) is 0.600. The lowest BCUT2D eigenvalue weighted by Gasteiger charge is -2.09. The van der Waals surface area contributed by atoms with E-state index in [9.17, 15) is 4.39 Å². The lowest BCUT2D eigenvalue weighted by atomic mass is 10.2. The van der Waals surface area contributed by atoms with Gasteiger partial charge in [0.05, 0.1) is 6.61 Å². The molecule has 0 aliphatic heterocycles. The average molecular weight is 253 g/mol. The molecule has 1 N–H and O–H groups in total. The lowest BCUT2D eigenvalue weighted by molar-refractivity contribution is 0.304. The van der Waals surface area contributed by atoms with Crippen LogP contribution in [0.5, 0.6) is 5.75 Å². The molecule has 0 bridgehead atoms. The molecular formula is C15H24FNO. The van der Waals surface area contributed by atoms with Crippen molar-refractivity contribution in [2.24, 2.45) is 0 Å². The van der Waals surface area contributed by atoms with Gasteiger partial charge in [-0.1, -0.05) is 26.7 Å². The highest BCUT2D eigenvalue weighted by Crippen LogP contribution is 2.17. The Hall–Kier alpha value is -1.09. The average Bonchev–Trinajstić information content (AvgIpc) is 2.34. The van der Waals surface area contributed by atoms with Gasteiger partial charge in [-0.2, -0.15) is 0 Å². The van der Waals surface area contributed by atoms with Crippen molar-refractivity contribution in [2.45, 2.75) is 46.1 Å². The molecule has 1 rings (SSSR count). The van der Waals surface area contributed by atoms with Crippen molar-refractivity contribution >= 4 is 0 Å². The predicted molar refractivity (Wildman–Crippen MR) is 73.4 cm³/mol. The van der Waals surface area contributed by atoms with E-state index in [1.54, 1.807) is 6.07 Å². The van der Waals surface area contributed by atoms with E-state index in [-0.39, 0.29) is 5.82 Å². The van der Waals surface area contributed by atoms with Gasteiger partial charge in [-0.3, -0.25) is 0 Å². The number of unbranched alkanes of at least 4 members (excludes halogenated alkanes) is 2. The Morgan fingerprint density at radius 1 is 1.11 bits per heavy atom. The molecule has 0 aliphatic carbocycles. The van der Waals surface area contributed by atoms with Crippen LogP contribution in [-0.4, -0.2) is 13.2 Å². The highest BCUT2D eigenvalue weighted by molar-refractivity contribution is 5.29. The Bertz CT molecular complexity index is 341. The highest BCUT2D eigenvalue weighted by atomic mass is 19.1. The first kappa shape index (κ1) is 15.0. The van der Waals surface area contributed by atoms with Crippen molar-refractivity contribution in [2.75, 3.05) is 13.2 Å². The molecule has 0 amide bonds. The molecule has 0 spiro atoms. The minimum Gasteiger partial charge on any atom is -0.493 e. The largest absolute Gasteiger partial charge is 0.493 e. The summed E-state index contributed by atoms with van der Waals surface area (Å²) in [5, 5.41) is 3.26. The van der Waals surface area contributed by atoms with E-state index < -0.39 is 0 Å². The zero-order valence-electron chi connectivity index (χ0n) is 11.5. The quantitative estimate of drug-likeness (QED) is 0.674. The molecule has 0 aromatic heterocycles. The SMILES string of the molecule is CCCCCOc1cc(F)cc(CNCCC)c1. The van der Waals surface area contributed by atoms with E-state index in [1.165, 1.54) is 12.5 Å². The first-order valence-corrected chi connectivity index (χ1v) is 6.89. The smallest absolute Gasteiger partial charge is 0.127 e. The lowest BCUT2D eigenvalue weighted by Crippen LogP contribution is -2.14. The molecule has 0 saturated carbocycles. The number of nitrogens with one attached hydrogen (secondary N) is 1. The summed E-state index contributed by atoms with van der Waals surface area (Å²) >= 11 is 0. The summed E-state index contributed by atoms with van der Waals surface area (Å²) in [4.78, 5) is 0. The van der Waals surface area contributed by atoms with Crippen LogP contribution in [0.1, 0.15) is 45.1 Å². The molecule has 0 unspecified atom stereocenters. The zero-order chi connectivity index (χ0) is 13.2.